The Morgan fingerprint density at radius 2 is 1.69 bits per heavy atom. The van der Waals surface area contributed by atoms with Crippen LogP contribution in [0.4, 0.5) is 11.4 Å². The van der Waals surface area contributed by atoms with Crippen molar-refractivity contribution in [3.8, 4) is 0 Å². The standard InChI is InChI=1S/C24H26N4O3.ClH/c1-16-7-12-19-21(27-18-10-8-17(9-11-18)24(30)31-2)20(15-25-22(19)26-16)23(29)28-13-5-3-4-6-14-28;/h7-12,15H,3-6,13-14H2,1-2H3,(H,25,26,27);1H. The smallest absolute Gasteiger partial charge is 0.337 e. The average molecular weight is 455 g/mol. The highest BCUT2D eigenvalue weighted by Gasteiger charge is 2.23. The van der Waals surface area contributed by atoms with Crippen LogP contribution in [0.3, 0.4) is 0 Å². The van der Waals surface area contributed by atoms with Gasteiger partial charge in [0.05, 0.1) is 23.9 Å². The Hall–Kier alpha value is -3.19. The lowest BCUT2D eigenvalue weighted by Gasteiger charge is -2.22. The van der Waals surface area contributed by atoms with Crippen molar-refractivity contribution < 1.29 is 14.3 Å². The van der Waals surface area contributed by atoms with E-state index in [1.54, 1.807) is 30.5 Å². The minimum absolute atomic E-state index is 0. The number of nitrogens with one attached hydrogen (secondary N) is 1. The number of benzene rings is 1. The predicted molar refractivity (Wildman–Crippen MR) is 127 cm³/mol. The number of rotatable bonds is 4. The lowest BCUT2D eigenvalue weighted by atomic mass is 10.1. The third-order valence-electron chi connectivity index (χ3n) is 5.57. The second-order valence-corrected chi connectivity index (χ2v) is 7.77. The van der Waals surface area contributed by atoms with Crippen LogP contribution in [0.1, 0.15) is 52.1 Å². The third kappa shape index (κ3) is 4.99. The van der Waals surface area contributed by atoms with Gasteiger partial charge >= 0.3 is 5.97 Å². The van der Waals surface area contributed by atoms with Gasteiger partial charge in [0.1, 0.15) is 0 Å². The van der Waals surface area contributed by atoms with Gasteiger partial charge in [0, 0.05) is 36.1 Å². The number of carbonyl (C=O) groups excluding carboxylic acids is 2. The fourth-order valence-corrected chi connectivity index (χ4v) is 3.86. The van der Waals surface area contributed by atoms with Gasteiger partial charge in [-0.1, -0.05) is 12.8 Å². The summed E-state index contributed by atoms with van der Waals surface area (Å²) in [5.74, 6) is -0.414. The fourth-order valence-electron chi connectivity index (χ4n) is 3.86. The Morgan fingerprint density at radius 1 is 1.00 bits per heavy atom. The molecular formula is C24H27ClN4O3. The topological polar surface area (TPSA) is 84.4 Å². The highest BCUT2D eigenvalue weighted by Crippen LogP contribution is 2.30. The van der Waals surface area contributed by atoms with E-state index < -0.39 is 5.97 Å². The molecule has 0 radical (unpaired) electrons. The summed E-state index contributed by atoms with van der Waals surface area (Å²) in [6, 6.07) is 10.8. The van der Waals surface area contributed by atoms with Crippen LogP contribution >= 0.6 is 12.4 Å². The Kier molecular flexibility index (Phi) is 7.64. The van der Waals surface area contributed by atoms with Gasteiger partial charge < -0.3 is 15.0 Å². The van der Waals surface area contributed by atoms with E-state index in [4.69, 9.17) is 4.74 Å². The van der Waals surface area contributed by atoms with E-state index in [0.717, 1.165) is 55.5 Å². The number of aromatic nitrogens is 2. The molecule has 4 rings (SSSR count). The van der Waals surface area contributed by atoms with Gasteiger partial charge in [0.25, 0.3) is 5.91 Å². The van der Waals surface area contributed by atoms with Gasteiger partial charge in [-0.25, -0.2) is 14.8 Å². The van der Waals surface area contributed by atoms with Gasteiger partial charge in [-0.3, -0.25) is 4.79 Å². The van der Waals surface area contributed by atoms with Crippen molar-refractivity contribution in [3.05, 3.63) is 59.4 Å². The van der Waals surface area contributed by atoms with E-state index in [-0.39, 0.29) is 18.3 Å². The third-order valence-corrected chi connectivity index (χ3v) is 5.57. The summed E-state index contributed by atoms with van der Waals surface area (Å²) in [6.45, 7) is 3.43. The van der Waals surface area contributed by atoms with E-state index in [2.05, 4.69) is 15.3 Å². The van der Waals surface area contributed by atoms with Gasteiger partial charge in [-0.15, -0.1) is 12.4 Å². The summed E-state index contributed by atoms with van der Waals surface area (Å²) >= 11 is 0. The van der Waals surface area contributed by atoms with Crippen LogP contribution in [-0.2, 0) is 4.74 Å². The minimum atomic E-state index is -0.391. The summed E-state index contributed by atoms with van der Waals surface area (Å²) < 4.78 is 4.77. The van der Waals surface area contributed by atoms with Crippen LogP contribution in [0.15, 0.2) is 42.6 Å². The number of esters is 1. The number of carbonyl (C=O) groups is 2. The van der Waals surface area contributed by atoms with Crippen LogP contribution in [0.25, 0.3) is 11.0 Å². The fraction of sp³-hybridized carbons (Fsp3) is 0.333. The van der Waals surface area contributed by atoms with Crippen molar-refractivity contribution in [2.45, 2.75) is 32.6 Å². The number of anilines is 2. The molecule has 168 valence electrons. The van der Waals surface area contributed by atoms with Gasteiger partial charge in [0.15, 0.2) is 5.65 Å². The van der Waals surface area contributed by atoms with Crippen molar-refractivity contribution in [2.24, 2.45) is 0 Å². The van der Waals surface area contributed by atoms with Crippen LogP contribution in [0, 0.1) is 6.92 Å². The lowest BCUT2D eigenvalue weighted by Crippen LogP contribution is -2.32. The molecule has 0 saturated carbocycles. The minimum Gasteiger partial charge on any atom is -0.465 e. The van der Waals surface area contributed by atoms with E-state index in [0.29, 0.717) is 22.5 Å². The molecule has 0 spiro atoms. The zero-order chi connectivity index (χ0) is 21.8. The maximum Gasteiger partial charge on any atom is 0.337 e. The zero-order valence-electron chi connectivity index (χ0n) is 18.3. The van der Waals surface area contributed by atoms with E-state index >= 15 is 0 Å². The van der Waals surface area contributed by atoms with Crippen LogP contribution in [-0.4, -0.2) is 46.9 Å². The number of fused-ring (bicyclic) bond motifs is 1. The largest absolute Gasteiger partial charge is 0.465 e. The molecule has 8 heteroatoms. The van der Waals surface area contributed by atoms with Crippen LogP contribution in [0.5, 0.6) is 0 Å². The summed E-state index contributed by atoms with van der Waals surface area (Å²) in [6.07, 6.45) is 5.96. The van der Waals surface area contributed by atoms with Gasteiger partial charge in [-0.05, 0) is 56.2 Å². The molecule has 1 saturated heterocycles. The van der Waals surface area contributed by atoms with E-state index in [1.165, 1.54) is 7.11 Å². The molecule has 1 N–H and O–H groups in total. The molecule has 0 aliphatic carbocycles. The summed E-state index contributed by atoms with van der Waals surface area (Å²) in [5, 5.41) is 4.16. The number of halogens is 1. The normalized spacial score (nSPS) is 13.8. The number of aryl methyl sites for hydroxylation is 1. The van der Waals surface area contributed by atoms with Crippen LogP contribution < -0.4 is 5.32 Å². The predicted octanol–water partition coefficient (Wildman–Crippen LogP) is 4.91. The maximum absolute atomic E-state index is 13.4. The number of likely N-dealkylation sites (tertiary alicyclic amines) is 1. The van der Waals surface area contributed by atoms with Crippen molar-refractivity contribution >= 4 is 46.7 Å². The molecule has 3 aromatic rings. The number of hydrogen-bond acceptors (Lipinski definition) is 6. The lowest BCUT2D eigenvalue weighted by molar-refractivity contribution is 0.0600. The Bertz CT molecular complexity index is 1110. The molecule has 0 unspecified atom stereocenters. The van der Waals surface area contributed by atoms with Gasteiger partial charge in [0.2, 0.25) is 0 Å². The summed E-state index contributed by atoms with van der Waals surface area (Å²) in [5.41, 5.74) is 3.87. The highest BCUT2D eigenvalue weighted by atomic mass is 35.5. The van der Waals surface area contributed by atoms with Crippen molar-refractivity contribution in [2.75, 3.05) is 25.5 Å². The van der Waals surface area contributed by atoms with E-state index in [9.17, 15) is 9.59 Å². The number of ether oxygens (including phenoxy) is 1. The molecule has 0 bridgehead atoms. The van der Waals surface area contributed by atoms with E-state index in [1.807, 2.05) is 24.0 Å². The number of hydrogen-bond donors (Lipinski definition) is 1. The Labute approximate surface area is 193 Å². The first-order valence-corrected chi connectivity index (χ1v) is 10.6. The monoisotopic (exact) mass is 454 g/mol. The molecule has 32 heavy (non-hydrogen) atoms. The summed E-state index contributed by atoms with van der Waals surface area (Å²) in [7, 11) is 1.35. The molecule has 1 fully saturated rings. The van der Waals surface area contributed by atoms with Crippen molar-refractivity contribution in [3.63, 3.8) is 0 Å². The summed E-state index contributed by atoms with van der Waals surface area (Å²) in [4.78, 5) is 36.1. The first-order valence-electron chi connectivity index (χ1n) is 10.6. The quantitative estimate of drug-likeness (QED) is 0.564. The molecule has 1 aliphatic heterocycles. The number of amides is 1. The number of pyridine rings is 2. The number of nitrogens with zero attached hydrogens (tertiary/aromatic N) is 3. The molecular weight excluding hydrogens is 428 g/mol. The first-order chi connectivity index (χ1) is 15.1. The first kappa shape index (κ1) is 23.5. The second-order valence-electron chi connectivity index (χ2n) is 7.77. The van der Waals surface area contributed by atoms with Crippen molar-refractivity contribution in [1.82, 2.24) is 14.9 Å². The molecule has 1 amide bonds. The molecule has 3 heterocycles. The highest BCUT2D eigenvalue weighted by molar-refractivity contribution is 6.07. The molecule has 2 aromatic heterocycles. The molecule has 1 aromatic carbocycles. The molecule has 7 nitrogen and oxygen atoms in total. The maximum atomic E-state index is 13.4. The molecule has 1 aliphatic rings. The number of methoxy groups -OCH3 is 1. The van der Waals surface area contributed by atoms with Crippen LogP contribution in [0.2, 0.25) is 0 Å². The van der Waals surface area contributed by atoms with Gasteiger partial charge in [-0.2, -0.15) is 0 Å². The molecule has 0 atom stereocenters. The SMILES string of the molecule is COC(=O)c1ccc(Nc2c(C(=O)N3CCCCCC3)cnc3nc(C)ccc23)cc1.Cl. The van der Waals surface area contributed by atoms with Crippen molar-refractivity contribution in [1.29, 1.82) is 0 Å². The second kappa shape index (κ2) is 10.4. The zero-order valence-corrected chi connectivity index (χ0v) is 19.1. The Morgan fingerprint density at radius 3 is 2.34 bits per heavy atom. The average Bonchev–Trinajstić information content (AvgIpc) is 3.08. The Balaban J connectivity index is 0.00000289.